The van der Waals surface area contributed by atoms with Gasteiger partial charge >= 0.3 is 5.69 Å². The molecule has 2 aromatic heterocycles. The molecule has 28 heavy (non-hydrogen) atoms. The summed E-state index contributed by atoms with van der Waals surface area (Å²) in [5.74, 6) is -0.0664. The first-order valence-corrected chi connectivity index (χ1v) is 9.26. The zero-order valence-corrected chi connectivity index (χ0v) is 15.7. The molecule has 1 saturated heterocycles. The third-order valence-electron chi connectivity index (χ3n) is 5.41. The number of fused-ring (bicyclic) bond motifs is 1. The van der Waals surface area contributed by atoms with Gasteiger partial charge in [0.2, 0.25) is 0 Å². The number of rotatable bonds is 2. The molecule has 0 unspecified atom stereocenters. The summed E-state index contributed by atoms with van der Waals surface area (Å²) in [6.07, 6.45) is 3.45. The minimum atomic E-state index is -0.670. The predicted octanol–water partition coefficient (Wildman–Crippen LogP) is 2.03. The topological polar surface area (TPSA) is 80.1 Å². The number of piperidine rings is 1. The van der Waals surface area contributed by atoms with Gasteiger partial charge in [-0.15, -0.1) is 0 Å². The lowest BCUT2D eigenvalue weighted by molar-refractivity contribution is 0.0699. The highest BCUT2D eigenvalue weighted by Gasteiger charge is 2.26. The monoisotopic (exact) mass is 384 g/mol. The van der Waals surface area contributed by atoms with Gasteiger partial charge in [-0.05, 0) is 43.0 Å². The molecule has 8 heteroatoms. The Morgan fingerprint density at radius 3 is 2.43 bits per heavy atom. The van der Waals surface area contributed by atoms with Gasteiger partial charge < -0.3 is 14.5 Å². The Balaban J connectivity index is 1.84. The Morgan fingerprint density at radius 1 is 1.14 bits per heavy atom. The van der Waals surface area contributed by atoms with E-state index in [0.717, 1.165) is 17.4 Å². The molecule has 1 aromatic carbocycles. The summed E-state index contributed by atoms with van der Waals surface area (Å²) < 4.78 is 15.7. The lowest BCUT2D eigenvalue weighted by atomic mass is 9.99. The first kappa shape index (κ1) is 18.2. The predicted molar refractivity (Wildman–Crippen MR) is 103 cm³/mol. The van der Waals surface area contributed by atoms with Crippen LogP contribution in [0.2, 0.25) is 0 Å². The quantitative estimate of drug-likeness (QED) is 0.734. The van der Waals surface area contributed by atoms with Gasteiger partial charge in [0.1, 0.15) is 11.3 Å². The number of hydrogen-bond donors (Lipinski definition) is 1. The summed E-state index contributed by atoms with van der Waals surface area (Å²) in [5.41, 5.74) is -0.200. The van der Waals surface area contributed by atoms with Gasteiger partial charge in [-0.25, -0.2) is 13.8 Å². The van der Waals surface area contributed by atoms with Crippen LogP contribution in [0, 0.1) is 11.7 Å². The van der Waals surface area contributed by atoms with Gasteiger partial charge in [0.05, 0.1) is 16.8 Å². The van der Waals surface area contributed by atoms with Crippen molar-refractivity contribution in [2.24, 2.45) is 13.0 Å². The summed E-state index contributed by atoms with van der Waals surface area (Å²) >= 11 is 0. The van der Waals surface area contributed by atoms with Crippen molar-refractivity contribution < 1.29 is 9.18 Å². The van der Waals surface area contributed by atoms with Crippen LogP contribution >= 0.6 is 0 Å². The maximum atomic E-state index is 13.2. The molecule has 0 spiro atoms. The summed E-state index contributed by atoms with van der Waals surface area (Å²) in [5, 5.41) is 0. The third-order valence-corrected chi connectivity index (χ3v) is 5.41. The molecule has 0 atom stereocenters. The molecule has 3 heterocycles. The fourth-order valence-corrected chi connectivity index (χ4v) is 3.74. The maximum Gasteiger partial charge on any atom is 0.333 e. The molecule has 0 bridgehead atoms. The van der Waals surface area contributed by atoms with Crippen molar-refractivity contribution in [3.63, 3.8) is 0 Å². The van der Waals surface area contributed by atoms with Crippen LogP contribution in [-0.4, -0.2) is 38.0 Å². The Kier molecular flexibility index (Phi) is 4.41. The zero-order chi connectivity index (χ0) is 20.0. The summed E-state index contributed by atoms with van der Waals surface area (Å²) in [6.45, 7) is 3.48. The largest absolute Gasteiger partial charge is 0.344 e. The van der Waals surface area contributed by atoms with Gasteiger partial charge in [-0.1, -0.05) is 6.92 Å². The molecule has 0 aliphatic carbocycles. The molecule has 0 radical (unpaired) electrons. The molecule has 1 fully saturated rings. The molecule has 1 N–H and O–H groups in total. The Bertz CT molecular complexity index is 1170. The van der Waals surface area contributed by atoms with Crippen molar-refractivity contribution in [3.05, 3.63) is 62.7 Å². The number of aryl methyl sites for hydroxylation is 1. The highest BCUT2D eigenvalue weighted by Crippen LogP contribution is 2.21. The van der Waals surface area contributed by atoms with E-state index in [2.05, 4.69) is 11.9 Å². The standard InChI is InChI=1S/C20H21FN4O3/c1-12-7-9-24(10-8-12)18(26)15-11-23(2)17-16(15)22-20(28)25(19(17)27)14-5-3-13(21)4-6-14/h3-6,11-12H,7-10H2,1-2H3,(H,22,28). The Hall–Kier alpha value is -3.16. The van der Waals surface area contributed by atoms with Crippen LogP contribution in [0.25, 0.3) is 16.7 Å². The van der Waals surface area contributed by atoms with Crippen LogP contribution in [-0.2, 0) is 7.05 Å². The van der Waals surface area contributed by atoms with Crippen molar-refractivity contribution >= 4 is 16.9 Å². The molecule has 0 saturated carbocycles. The normalized spacial score (nSPS) is 15.3. The summed E-state index contributed by atoms with van der Waals surface area (Å²) in [4.78, 5) is 43.1. The van der Waals surface area contributed by atoms with Crippen LogP contribution in [0.4, 0.5) is 4.39 Å². The number of amides is 1. The summed E-state index contributed by atoms with van der Waals surface area (Å²) in [6, 6.07) is 5.09. The van der Waals surface area contributed by atoms with Gasteiger partial charge in [-0.2, -0.15) is 0 Å². The fraction of sp³-hybridized carbons (Fsp3) is 0.350. The number of carbonyl (C=O) groups is 1. The SMILES string of the molecule is CC1CCN(C(=O)c2cn(C)c3c(=O)n(-c4ccc(F)cc4)c(=O)[nH]c23)CC1. The highest BCUT2D eigenvalue weighted by atomic mass is 19.1. The second-order valence-corrected chi connectivity index (χ2v) is 7.40. The van der Waals surface area contributed by atoms with Crippen LogP contribution in [0.5, 0.6) is 0 Å². The van der Waals surface area contributed by atoms with Crippen LogP contribution in [0.3, 0.4) is 0 Å². The minimum Gasteiger partial charge on any atom is -0.344 e. The van der Waals surface area contributed by atoms with Crippen molar-refractivity contribution in [2.75, 3.05) is 13.1 Å². The van der Waals surface area contributed by atoms with Crippen LogP contribution in [0.1, 0.15) is 30.1 Å². The first-order chi connectivity index (χ1) is 13.4. The van der Waals surface area contributed by atoms with E-state index in [1.54, 1.807) is 22.7 Å². The molecule has 1 amide bonds. The average molecular weight is 384 g/mol. The lowest BCUT2D eigenvalue weighted by Crippen LogP contribution is -2.38. The van der Waals surface area contributed by atoms with E-state index in [-0.39, 0.29) is 22.6 Å². The molecule has 3 aromatic rings. The number of likely N-dealkylation sites (tertiary alicyclic amines) is 1. The molecular formula is C20H21FN4O3. The van der Waals surface area contributed by atoms with Crippen LogP contribution < -0.4 is 11.2 Å². The fourth-order valence-electron chi connectivity index (χ4n) is 3.74. The molecule has 1 aliphatic rings. The number of benzene rings is 1. The first-order valence-electron chi connectivity index (χ1n) is 9.26. The van der Waals surface area contributed by atoms with Gasteiger partial charge in [-0.3, -0.25) is 9.59 Å². The van der Waals surface area contributed by atoms with Gasteiger partial charge in [0, 0.05) is 26.3 Å². The number of H-pyrrole nitrogens is 1. The number of nitrogens with one attached hydrogen (secondary N) is 1. The molecule has 146 valence electrons. The summed E-state index contributed by atoms with van der Waals surface area (Å²) in [7, 11) is 1.66. The molecule has 4 rings (SSSR count). The second kappa shape index (κ2) is 6.78. The highest BCUT2D eigenvalue weighted by molar-refractivity contribution is 6.05. The maximum absolute atomic E-state index is 13.2. The van der Waals surface area contributed by atoms with E-state index >= 15 is 0 Å². The number of nitrogens with zero attached hydrogens (tertiary/aromatic N) is 3. The lowest BCUT2D eigenvalue weighted by Gasteiger charge is -2.30. The molecular weight excluding hydrogens is 363 g/mol. The van der Waals surface area contributed by atoms with Crippen molar-refractivity contribution in [3.8, 4) is 5.69 Å². The smallest absolute Gasteiger partial charge is 0.333 e. The van der Waals surface area contributed by atoms with E-state index in [9.17, 15) is 18.8 Å². The number of hydrogen-bond acceptors (Lipinski definition) is 3. The number of aromatic amines is 1. The van der Waals surface area contributed by atoms with E-state index in [1.807, 2.05) is 0 Å². The van der Waals surface area contributed by atoms with E-state index in [0.29, 0.717) is 24.6 Å². The number of aromatic nitrogens is 3. The van der Waals surface area contributed by atoms with Crippen LogP contribution in [0.15, 0.2) is 40.1 Å². The molecule has 1 aliphatic heterocycles. The average Bonchev–Trinajstić information content (AvgIpc) is 2.99. The van der Waals surface area contributed by atoms with Gasteiger partial charge in [0.25, 0.3) is 11.5 Å². The third kappa shape index (κ3) is 2.94. The van der Waals surface area contributed by atoms with Gasteiger partial charge in [0.15, 0.2) is 0 Å². The van der Waals surface area contributed by atoms with E-state index < -0.39 is 17.1 Å². The minimum absolute atomic E-state index is 0.188. The second-order valence-electron chi connectivity index (χ2n) is 7.40. The number of carbonyl (C=O) groups excluding carboxylic acids is 1. The Labute approximate surface area is 160 Å². The van der Waals surface area contributed by atoms with Crippen molar-refractivity contribution in [1.29, 1.82) is 0 Å². The molecule has 7 nitrogen and oxygen atoms in total. The Morgan fingerprint density at radius 2 is 1.79 bits per heavy atom. The van der Waals surface area contributed by atoms with Crippen molar-refractivity contribution in [2.45, 2.75) is 19.8 Å². The van der Waals surface area contributed by atoms with E-state index in [4.69, 9.17) is 0 Å². The van der Waals surface area contributed by atoms with E-state index in [1.165, 1.54) is 24.3 Å². The zero-order valence-electron chi connectivity index (χ0n) is 15.7. The van der Waals surface area contributed by atoms with Crippen molar-refractivity contribution in [1.82, 2.24) is 19.0 Å². The number of halogens is 1.